The van der Waals surface area contributed by atoms with E-state index in [1.165, 1.54) is 17.7 Å². The first kappa shape index (κ1) is 26.1. The lowest BCUT2D eigenvalue weighted by atomic mass is 9.72. The van der Waals surface area contributed by atoms with Crippen LogP contribution >= 0.6 is 0 Å². The highest BCUT2D eigenvalue weighted by Crippen LogP contribution is 2.41. The Labute approximate surface area is 228 Å². The maximum atomic E-state index is 14.5. The zero-order valence-corrected chi connectivity index (χ0v) is 23.2. The number of rotatable bonds is 6. The number of aryl methyl sites for hydroxylation is 1. The second-order valence-electron chi connectivity index (χ2n) is 12.0. The third kappa shape index (κ3) is 4.67. The molecule has 39 heavy (non-hydrogen) atoms. The summed E-state index contributed by atoms with van der Waals surface area (Å²) in [4.78, 5) is 29.7. The number of benzene rings is 2. The van der Waals surface area contributed by atoms with Crippen LogP contribution in [0.15, 0.2) is 36.5 Å². The Hall–Kier alpha value is -3.10. The van der Waals surface area contributed by atoms with Crippen molar-refractivity contribution in [1.82, 2.24) is 19.6 Å². The fourth-order valence-corrected chi connectivity index (χ4v) is 6.84. The molecule has 2 aliphatic heterocycles. The summed E-state index contributed by atoms with van der Waals surface area (Å²) < 4.78 is 21.9. The number of Topliss-reactive ketones (excluding diaryl/α,β-unsaturated/α-hetero) is 1. The van der Waals surface area contributed by atoms with Gasteiger partial charge in [0.25, 0.3) is 5.91 Å². The Morgan fingerprint density at radius 3 is 2.59 bits per heavy atom. The maximum absolute atomic E-state index is 14.5. The molecule has 0 spiro atoms. The van der Waals surface area contributed by atoms with Crippen molar-refractivity contribution in [2.45, 2.75) is 51.6 Å². The quantitative estimate of drug-likeness (QED) is 0.463. The van der Waals surface area contributed by atoms with Gasteiger partial charge in [0.2, 0.25) is 0 Å². The minimum absolute atomic E-state index is 0.0760. The zero-order chi connectivity index (χ0) is 27.4. The SMILES string of the molecule is CC(C)C(C1CC(=O)C1)N1CC(c2cc(-c3ccc(F)cc3C(=O)N3CCOC[C@H]3C)c3cnn(C)c3c2)C1. The average Bonchev–Trinajstić information content (AvgIpc) is 3.24. The molecule has 2 saturated heterocycles. The van der Waals surface area contributed by atoms with Gasteiger partial charge in [-0.05, 0) is 59.7 Å². The van der Waals surface area contributed by atoms with Crippen molar-refractivity contribution >= 4 is 22.6 Å². The number of halogens is 1. The average molecular weight is 533 g/mol. The summed E-state index contributed by atoms with van der Waals surface area (Å²) in [6, 6.07) is 9.27. The fraction of sp³-hybridized carbons (Fsp3) is 0.516. The first-order chi connectivity index (χ1) is 18.7. The molecule has 2 atom stereocenters. The van der Waals surface area contributed by atoms with Crippen LogP contribution in [0.1, 0.15) is 55.5 Å². The summed E-state index contributed by atoms with van der Waals surface area (Å²) in [6.45, 7) is 9.79. The van der Waals surface area contributed by atoms with Crippen LogP contribution in [-0.2, 0) is 16.6 Å². The Morgan fingerprint density at radius 1 is 1.13 bits per heavy atom. The molecular formula is C31H37FN4O3. The number of nitrogens with zero attached hydrogens (tertiary/aromatic N) is 4. The van der Waals surface area contributed by atoms with Gasteiger partial charge in [-0.25, -0.2) is 4.39 Å². The summed E-state index contributed by atoms with van der Waals surface area (Å²) in [7, 11) is 1.93. The van der Waals surface area contributed by atoms with Gasteiger partial charge < -0.3 is 9.64 Å². The van der Waals surface area contributed by atoms with Crippen LogP contribution in [0.4, 0.5) is 4.39 Å². The van der Waals surface area contributed by atoms with Crippen molar-refractivity contribution in [2.75, 3.05) is 32.8 Å². The van der Waals surface area contributed by atoms with E-state index in [9.17, 15) is 14.0 Å². The van der Waals surface area contributed by atoms with E-state index in [1.54, 1.807) is 11.0 Å². The molecule has 3 aromatic rings. The van der Waals surface area contributed by atoms with E-state index in [2.05, 4.69) is 36.0 Å². The van der Waals surface area contributed by atoms with E-state index in [1.807, 2.05) is 24.9 Å². The first-order valence-corrected chi connectivity index (χ1v) is 14.1. The molecule has 0 N–H and O–H groups in total. The summed E-state index contributed by atoms with van der Waals surface area (Å²) in [5.41, 5.74) is 4.20. The highest BCUT2D eigenvalue weighted by atomic mass is 19.1. The molecule has 3 fully saturated rings. The van der Waals surface area contributed by atoms with Crippen LogP contribution in [-0.4, -0.2) is 76.2 Å². The number of likely N-dealkylation sites (tertiary alicyclic amines) is 1. The summed E-state index contributed by atoms with van der Waals surface area (Å²) >= 11 is 0. The highest BCUT2D eigenvalue weighted by Gasteiger charge is 2.43. The summed E-state index contributed by atoms with van der Waals surface area (Å²) in [5.74, 6) is 1.08. The van der Waals surface area contributed by atoms with Gasteiger partial charge in [0.15, 0.2) is 0 Å². The number of carbonyl (C=O) groups is 2. The molecule has 6 rings (SSSR count). The van der Waals surface area contributed by atoms with Crippen LogP contribution in [0.5, 0.6) is 0 Å². The van der Waals surface area contributed by atoms with Crippen molar-refractivity contribution in [3.8, 4) is 11.1 Å². The molecule has 1 amide bonds. The third-order valence-corrected chi connectivity index (χ3v) is 8.97. The van der Waals surface area contributed by atoms with Crippen LogP contribution in [0, 0.1) is 17.7 Å². The lowest BCUT2D eigenvalue weighted by molar-refractivity contribution is -0.130. The topological polar surface area (TPSA) is 67.7 Å². The molecule has 0 bridgehead atoms. The summed E-state index contributed by atoms with van der Waals surface area (Å²) in [6.07, 6.45) is 3.25. The molecule has 1 aromatic heterocycles. The van der Waals surface area contributed by atoms with E-state index < -0.39 is 5.82 Å². The van der Waals surface area contributed by atoms with E-state index in [4.69, 9.17) is 4.74 Å². The lowest BCUT2D eigenvalue weighted by Crippen LogP contribution is -2.57. The number of amides is 1. The number of ether oxygens (including phenoxy) is 1. The summed E-state index contributed by atoms with van der Waals surface area (Å²) in [5, 5.41) is 5.47. The molecule has 1 unspecified atom stereocenters. The predicted molar refractivity (Wildman–Crippen MR) is 148 cm³/mol. The highest BCUT2D eigenvalue weighted by molar-refractivity contribution is 6.05. The Balaban J connectivity index is 1.35. The molecule has 2 aromatic carbocycles. The van der Waals surface area contributed by atoms with E-state index in [0.717, 1.165) is 35.1 Å². The van der Waals surface area contributed by atoms with Gasteiger partial charge in [-0.1, -0.05) is 19.9 Å². The monoisotopic (exact) mass is 532 g/mol. The van der Waals surface area contributed by atoms with Crippen molar-refractivity contribution in [3.05, 3.63) is 53.5 Å². The van der Waals surface area contributed by atoms with Gasteiger partial charge in [-0.15, -0.1) is 0 Å². The second kappa shape index (κ2) is 10.1. The smallest absolute Gasteiger partial charge is 0.254 e. The van der Waals surface area contributed by atoms with Gasteiger partial charge in [0.05, 0.1) is 36.5 Å². The zero-order valence-electron chi connectivity index (χ0n) is 23.2. The van der Waals surface area contributed by atoms with Crippen LogP contribution in [0.3, 0.4) is 0 Å². The van der Waals surface area contributed by atoms with E-state index in [0.29, 0.717) is 67.7 Å². The number of hydrogen-bond donors (Lipinski definition) is 0. The largest absolute Gasteiger partial charge is 0.377 e. The fourth-order valence-electron chi connectivity index (χ4n) is 6.84. The predicted octanol–water partition coefficient (Wildman–Crippen LogP) is 4.64. The molecule has 206 valence electrons. The van der Waals surface area contributed by atoms with Crippen LogP contribution in [0.25, 0.3) is 22.0 Å². The first-order valence-electron chi connectivity index (χ1n) is 14.1. The minimum Gasteiger partial charge on any atom is -0.377 e. The molecule has 3 heterocycles. The normalized spacial score (nSPS) is 21.8. The van der Waals surface area contributed by atoms with Gasteiger partial charge in [0.1, 0.15) is 11.6 Å². The maximum Gasteiger partial charge on any atom is 0.254 e. The van der Waals surface area contributed by atoms with Gasteiger partial charge >= 0.3 is 0 Å². The number of aromatic nitrogens is 2. The lowest BCUT2D eigenvalue weighted by Gasteiger charge is -2.50. The van der Waals surface area contributed by atoms with Crippen molar-refractivity contribution in [1.29, 1.82) is 0 Å². The Kier molecular flexibility index (Phi) is 6.79. The number of ketones is 1. The van der Waals surface area contributed by atoms with Gasteiger partial charge in [-0.2, -0.15) is 5.10 Å². The molecule has 0 radical (unpaired) electrons. The molecule has 1 aliphatic carbocycles. The van der Waals surface area contributed by atoms with E-state index >= 15 is 0 Å². The second-order valence-corrected chi connectivity index (χ2v) is 12.0. The minimum atomic E-state index is -0.426. The number of hydrogen-bond acceptors (Lipinski definition) is 5. The molecular weight excluding hydrogens is 495 g/mol. The van der Waals surface area contributed by atoms with Crippen LogP contribution in [0.2, 0.25) is 0 Å². The Morgan fingerprint density at radius 2 is 1.90 bits per heavy atom. The van der Waals surface area contributed by atoms with Crippen LogP contribution < -0.4 is 0 Å². The molecule has 3 aliphatic rings. The van der Waals surface area contributed by atoms with Gasteiger partial charge in [0, 0.05) is 56.9 Å². The molecule has 1 saturated carbocycles. The Bertz CT molecular complexity index is 1420. The number of fused-ring (bicyclic) bond motifs is 1. The third-order valence-electron chi connectivity index (χ3n) is 8.97. The number of carbonyl (C=O) groups excluding carboxylic acids is 2. The standard InChI is InChI=1S/C31H37FN4O3/c1-18(2)30(21-9-24(37)10-21)35-15-22(16-35)20-11-26(28-14-33-34(4)29(28)12-20)25-6-5-23(32)13-27(25)31(38)36-7-8-39-17-19(36)3/h5-6,11-14,18-19,21-22,30H,7-10,15-17H2,1-4H3/t19-,30?/m1/s1. The molecule has 7 nitrogen and oxygen atoms in total. The van der Waals surface area contributed by atoms with Gasteiger partial charge in [-0.3, -0.25) is 19.2 Å². The van der Waals surface area contributed by atoms with Crippen molar-refractivity contribution < 1.29 is 18.7 Å². The molecule has 8 heteroatoms. The van der Waals surface area contributed by atoms with Crippen molar-refractivity contribution in [2.24, 2.45) is 18.9 Å². The number of morpholine rings is 1. The van der Waals surface area contributed by atoms with E-state index in [-0.39, 0.29) is 11.9 Å². The van der Waals surface area contributed by atoms with Crippen molar-refractivity contribution in [3.63, 3.8) is 0 Å².